The van der Waals surface area contributed by atoms with Crippen LogP contribution in [0.1, 0.15) is 30.1 Å². The van der Waals surface area contributed by atoms with E-state index >= 15 is 0 Å². The molecule has 2 aromatic carbocycles. The number of amides is 2. The van der Waals surface area contributed by atoms with Crippen molar-refractivity contribution < 1.29 is 14.3 Å². The Labute approximate surface area is 141 Å². The topological polar surface area (TPSA) is 67.4 Å². The minimum absolute atomic E-state index is 0.157. The highest BCUT2D eigenvalue weighted by molar-refractivity contribution is 6.06. The molecule has 0 saturated heterocycles. The zero-order valence-corrected chi connectivity index (χ0v) is 13.5. The highest BCUT2D eigenvalue weighted by atomic mass is 16.5. The number of carbonyl (C=O) groups excluding carboxylic acids is 2. The van der Waals surface area contributed by atoms with Crippen molar-refractivity contribution >= 4 is 17.5 Å². The van der Waals surface area contributed by atoms with Gasteiger partial charge < -0.3 is 15.4 Å². The smallest absolute Gasteiger partial charge is 0.260 e. The molecule has 1 saturated carbocycles. The van der Waals surface area contributed by atoms with Crippen LogP contribution in [0.2, 0.25) is 0 Å². The quantitative estimate of drug-likeness (QED) is 0.858. The van der Waals surface area contributed by atoms with E-state index in [9.17, 15) is 9.59 Å². The van der Waals surface area contributed by atoms with E-state index in [1.807, 2.05) is 30.3 Å². The molecule has 0 aromatic heterocycles. The second-order valence-corrected chi connectivity index (χ2v) is 5.86. The van der Waals surface area contributed by atoms with Gasteiger partial charge in [-0.3, -0.25) is 9.59 Å². The van der Waals surface area contributed by atoms with Gasteiger partial charge in [-0.1, -0.05) is 30.3 Å². The van der Waals surface area contributed by atoms with Crippen LogP contribution >= 0.6 is 0 Å². The molecule has 24 heavy (non-hydrogen) atoms. The van der Waals surface area contributed by atoms with E-state index in [1.54, 1.807) is 31.2 Å². The molecule has 1 aliphatic carbocycles. The number of para-hydroxylation sites is 2. The maximum Gasteiger partial charge on any atom is 0.260 e. The molecule has 2 N–H and O–H groups in total. The van der Waals surface area contributed by atoms with Crippen LogP contribution in [0.5, 0.6) is 5.75 Å². The van der Waals surface area contributed by atoms with E-state index in [4.69, 9.17) is 4.74 Å². The Balaban J connectivity index is 1.70. The fraction of sp³-hybridized carbons (Fsp3) is 0.263. The van der Waals surface area contributed by atoms with Crippen LogP contribution < -0.4 is 15.4 Å². The summed E-state index contributed by atoms with van der Waals surface area (Å²) in [4.78, 5) is 24.5. The Morgan fingerprint density at radius 2 is 1.71 bits per heavy atom. The molecule has 0 unspecified atom stereocenters. The number of anilines is 1. The summed E-state index contributed by atoms with van der Waals surface area (Å²) in [5.41, 5.74) is 1.10. The van der Waals surface area contributed by atoms with E-state index in [1.165, 1.54) is 0 Å². The lowest BCUT2D eigenvalue weighted by Gasteiger charge is -2.17. The first-order valence-corrected chi connectivity index (χ1v) is 8.06. The van der Waals surface area contributed by atoms with E-state index in [-0.39, 0.29) is 17.9 Å². The predicted molar refractivity (Wildman–Crippen MR) is 92.1 cm³/mol. The van der Waals surface area contributed by atoms with Gasteiger partial charge in [0, 0.05) is 11.7 Å². The van der Waals surface area contributed by atoms with Gasteiger partial charge >= 0.3 is 0 Å². The molecule has 124 valence electrons. The third-order valence-corrected chi connectivity index (χ3v) is 3.76. The number of carbonyl (C=O) groups is 2. The van der Waals surface area contributed by atoms with Crippen molar-refractivity contribution in [1.82, 2.24) is 5.32 Å². The third kappa shape index (κ3) is 4.13. The fourth-order valence-corrected chi connectivity index (χ4v) is 2.27. The molecule has 0 aliphatic heterocycles. The number of hydrogen-bond donors (Lipinski definition) is 2. The molecule has 1 fully saturated rings. The minimum atomic E-state index is -0.656. The predicted octanol–water partition coefficient (Wildman–Crippen LogP) is 2.98. The largest absolute Gasteiger partial charge is 0.480 e. The van der Waals surface area contributed by atoms with Gasteiger partial charge in [0.1, 0.15) is 5.75 Å². The van der Waals surface area contributed by atoms with Gasteiger partial charge in [-0.05, 0) is 44.0 Å². The van der Waals surface area contributed by atoms with E-state index in [0.29, 0.717) is 17.0 Å². The summed E-state index contributed by atoms with van der Waals surface area (Å²) in [7, 11) is 0. The van der Waals surface area contributed by atoms with E-state index in [2.05, 4.69) is 10.6 Å². The molecule has 5 nitrogen and oxygen atoms in total. The molecular weight excluding hydrogens is 304 g/mol. The van der Waals surface area contributed by atoms with Gasteiger partial charge in [0.2, 0.25) is 0 Å². The van der Waals surface area contributed by atoms with Gasteiger partial charge in [0.25, 0.3) is 11.8 Å². The maximum atomic E-state index is 12.5. The monoisotopic (exact) mass is 324 g/mol. The molecule has 0 bridgehead atoms. The highest BCUT2D eigenvalue weighted by Gasteiger charge is 2.27. The Kier molecular flexibility index (Phi) is 4.79. The van der Waals surface area contributed by atoms with Crippen LogP contribution in [-0.4, -0.2) is 24.0 Å². The summed E-state index contributed by atoms with van der Waals surface area (Å²) in [6.45, 7) is 1.68. The van der Waals surface area contributed by atoms with Gasteiger partial charge in [-0.2, -0.15) is 0 Å². The second-order valence-electron chi connectivity index (χ2n) is 5.86. The summed E-state index contributed by atoms with van der Waals surface area (Å²) in [5.74, 6) is -0.0354. The Bertz CT molecular complexity index is 726. The van der Waals surface area contributed by atoms with Crippen LogP contribution in [0.25, 0.3) is 0 Å². The van der Waals surface area contributed by atoms with Crippen molar-refractivity contribution in [3.63, 3.8) is 0 Å². The van der Waals surface area contributed by atoms with Crippen molar-refractivity contribution in [2.24, 2.45) is 0 Å². The van der Waals surface area contributed by atoms with Crippen LogP contribution in [-0.2, 0) is 4.79 Å². The first kappa shape index (κ1) is 16.1. The number of nitrogens with one attached hydrogen (secondary N) is 2. The van der Waals surface area contributed by atoms with Crippen LogP contribution in [0.3, 0.4) is 0 Å². The number of ether oxygens (including phenoxy) is 1. The molecule has 2 aromatic rings. The minimum Gasteiger partial charge on any atom is -0.480 e. The average Bonchev–Trinajstić information content (AvgIpc) is 3.40. The van der Waals surface area contributed by atoms with Crippen LogP contribution in [0.15, 0.2) is 54.6 Å². The van der Waals surface area contributed by atoms with Crippen molar-refractivity contribution in [3.05, 3.63) is 60.2 Å². The van der Waals surface area contributed by atoms with Crippen molar-refractivity contribution in [2.75, 3.05) is 5.32 Å². The molecule has 0 heterocycles. The molecule has 2 amide bonds. The van der Waals surface area contributed by atoms with Gasteiger partial charge in [-0.15, -0.1) is 0 Å². The van der Waals surface area contributed by atoms with Crippen molar-refractivity contribution in [2.45, 2.75) is 31.9 Å². The number of rotatable bonds is 6. The molecule has 3 rings (SSSR count). The fourth-order valence-electron chi connectivity index (χ4n) is 2.27. The van der Waals surface area contributed by atoms with Gasteiger partial charge in [0.15, 0.2) is 6.10 Å². The first-order valence-electron chi connectivity index (χ1n) is 8.06. The SMILES string of the molecule is C[C@H](Oc1ccccc1C(=O)Nc1ccccc1)C(=O)NC1CC1. The lowest BCUT2D eigenvalue weighted by Crippen LogP contribution is -2.37. The Morgan fingerprint density at radius 3 is 2.42 bits per heavy atom. The lowest BCUT2D eigenvalue weighted by atomic mass is 10.1. The zero-order chi connectivity index (χ0) is 16.9. The zero-order valence-electron chi connectivity index (χ0n) is 13.5. The normalized spacial score (nSPS) is 14.5. The third-order valence-electron chi connectivity index (χ3n) is 3.76. The average molecular weight is 324 g/mol. The van der Waals surface area contributed by atoms with Gasteiger partial charge in [0.05, 0.1) is 5.56 Å². The second kappa shape index (κ2) is 7.17. The molecule has 5 heteroatoms. The molecule has 0 radical (unpaired) electrons. The standard InChI is InChI=1S/C19H20N2O3/c1-13(18(22)20-15-11-12-15)24-17-10-6-5-9-16(17)19(23)21-14-7-3-2-4-8-14/h2-10,13,15H,11-12H2,1H3,(H,20,22)(H,21,23)/t13-/m0/s1. The van der Waals surface area contributed by atoms with Gasteiger partial charge in [-0.25, -0.2) is 0 Å². The lowest BCUT2D eigenvalue weighted by molar-refractivity contribution is -0.127. The Hall–Kier alpha value is -2.82. The maximum absolute atomic E-state index is 12.5. The summed E-state index contributed by atoms with van der Waals surface area (Å²) in [6, 6.07) is 16.4. The molecule has 1 aliphatic rings. The highest BCUT2D eigenvalue weighted by Crippen LogP contribution is 2.22. The summed E-state index contributed by atoms with van der Waals surface area (Å²) >= 11 is 0. The summed E-state index contributed by atoms with van der Waals surface area (Å²) in [5, 5.41) is 5.72. The van der Waals surface area contributed by atoms with E-state index in [0.717, 1.165) is 12.8 Å². The first-order chi connectivity index (χ1) is 11.6. The van der Waals surface area contributed by atoms with Crippen molar-refractivity contribution in [1.29, 1.82) is 0 Å². The van der Waals surface area contributed by atoms with Crippen LogP contribution in [0, 0.1) is 0 Å². The molecular formula is C19H20N2O3. The Morgan fingerprint density at radius 1 is 1.04 bits per heavy atom. The summed E-state index contributed by atoms with van der Waals surface area (Å²) in [6.07, 6.45) is 1.39. The number of benzene rings is 2. The molecule has 1 atom stereocenters. The molecule has 0 spiro atoms. The van der Waals surface area contributed by atoms with Crippen molar-refractivity contribution in [3.8, 4) is 5.75 Å². The number of hydrogen-bond acceptors (Lipinski definition) is 3. The van der Waals surface area contributed by atoms with E-state index < -0.39 is 6.10 Å². The summed E-state index contributed by atoms with van der Waals surface area (Å²) < 4.78 is 5.72. The van der Waals surface area contributed by atoms with Crippen LogP contribution in [0.4, 0.5) is 5.69 Å².